The van der Waals surface area contributed by atoms with E-state index in [-0.39, 0.29) is 5.56 Å². The third-order valence-corrected chi connectivity index (χ3v) is 2.93. The van der Waals surface area contributed by atoms with Gasteiger partial charge in [0, 0.05) is 10.7 Å². The topological polar surface area (TPSA) is 90.4 Å². The molecule has 0 heterocycles. The van der Waals surface area contributed by atoms with E-state index in [4.69, 9.17) is 27.9 Å². The average molecular weight is 292 g/mol. The van der Waals surface area contributed by atoms with Crippen LogP contribution in [0.4, 0.5) is 5.69 Å². The largest absolute Gasteiger partial charge is 0.488 e. The maximum absolute atomic E-state index is 11.7. The van der Waals surface area contributed by atoms with Crippen LogP contribution in [-0.4, -0.2) is 5.91 Å². The molecule has 20 heavy (non-hydrogen) atoms. The molecule has 104 valence electrons. The molecule has 2 aromatic rings. The highest BCUT2D eigenvalue weighted by atomic mass is 35.5. The Morgan fingerprint density at radius 2 is 1.90 bits per heavy atom. The molecule has 0 aliphatic heterocycles. The monoisotopic (exact) mass is 291 g/mol. The number of nitrogens with two attached hydrogens (primary N) is 2. The first-order valence-electron chi connectivity index (χ1n) is 5.88. The van der Waals surface area contributed by atoms with Crippen molar-refractivity contribution in [3.63, 3.8) is 0 Å². The highest BCUT2D eigenvalue weighted by molar-refractivity contribution is 6.31. The minimum atomic E-state index is -0.459. The van der Waals surface area contributed by atoms with Gasteiger partial charge in [0.25, 0.3) is 5.91 Å². The minimum Gasteiger partial charge on any atom is -0.488 e. The van der Waals surface area contributed by atoms with Crippen LogP contribution in [-0.2, 0) is 6.61 Å². The highest BCUT2D eigenvalue weighted by Gasteiger charge is 2.12. The van der Waals surface area contributed by atoms with Gasteiger partial charge in [0.15, 0.2) is 0 Å². The number of hydrazine groups is 1. The van der Waals surface area contributed by atoms with Gasteiger partial charge in [-0.2, -0.15) is 0 Å². The molecule has 1 amide bonds. The van der Waals surface area contributed by atoms with Crippen molar-refractivity contribution in [2.24, 2.45) is 5.84 Å². The fraction of sp³-hybridized carbons (Fsp3) is 0.0714. The number of carbonyl (C=O) groups excluding carboxylic acids is 1. The van der Waals surface area contributed by atoms with Crippen molar-refractivity contribution in [2.45, 2.75) is 6.61 Å². The van der Waals surface area contributed by atoms with Crippen LogP contribution in [0, 0.1) is 0 Å². The summed E-state index contributed by atoms with van der Waals surface area (Å²) in [5, 5.41) is 0.434. The lowest BCUT2D eigenvalue weighted by molar-refractivity contribution is 0.0949. The van der Waals surface area contributed by atoms with Gasteiger partial charge in [0.2, 0.25) is 0 Å². The molecule has 5 N–H and O–H groups in total. The van der Waals surface area contributed by atoms with Crippen LogP contribution in [0.15, 0.2) is 42.5 Å². The number of rotatable bonds is 4. The SMILES string of the molecule is NNC(=O)c1cc(Cl)ccc1OCc1ccc(N)cc1. The number of nitrogen functional groups attached to an aromatic ring is 2. The summed E-state index contributed by atoms with van der Waals surface area (Å²) < 4.78 is 5.63. The Kier molecular flexibility index (Phi) is 4.45. The van der Waals surface area contributed by atoms with Crippen molar-refractivity contribution in [1.82, 2.24) is 5.43 Å². The molecule has 2 aromatic carbocycles. The first-order chi connectivity index (χ1) is 9.60. The molecule has 2 rings (SSSR count). The van der Waals surface area contributed by atoms with Gasteiger partial charge in [-0.05, 0) is 35.9 Å². The van der Waals surface area contributed by atoms with Crippen LogP contribution in [0.5, 0.6) is 5.75 Å². The second-order valence-corrected chi connectivity index (χ2v) is 4.58. The van der Waals surface area contributed by atoms with E-state index in [2.05, 4.69) is 5.43 Å². The molecule has 0 radical (unpaired) electrons. The molecule has 0 fully saturated rings. The number of ether oxygens (including phenoxy) is 1. The molecule has 0 atom stereocenters. The molecule has 0 saturated heterocycles. The van der Waals surface area contributed by atoms with Gasteiger partial charge in [0.05, 0.1) is 5.56 Å². The van der Waals surface area contributed by atoms with Gasteiger partial charge < -0.3 is 10.5 Å². The van der Waals surface area contributed by atoms with E-state index in [0.717, 1.165) is 5.56 Å². The molecule has 0 unspecified atom stereocenters. The number of anilines is 1. The number of hydrogen-bond donors (Lipinski definition) is 3. The van der Waals surface area contributed by atoms with E-state index in [9.17, 15) is 4.79 Å². The van der Waals surface area contributed by atoms with Crippen LogP contribution >= 0.6 is 11.6 Å². The molecule has 5 nitrogen and oxygen atoms in total. The summed E-state index contributed by atoms with van der Waals surface area (Å²) in [4.78, 5) is 11.7. The van der Waals surface area contributed by atoms with Crippen molar-refractivity contribution in [1.29, 1.82) is 0 Å². The zero-order valence-corrected chi connectivity index (χ0v) is 11.4. The van der Waals surface area contributed by atoms with E-state index in [1.807, 2.05) is 12.1 Å². The van der Waals surface area contributed by atoms with Gasteiger partial charge in [0.1, 0.15) is 12.4 Å². The Hall–Kier alpha value is -2.24. The number of hydrogen-bond acceptors (Lipinski definition) is 4. The third kappa shape index (κ3) is 3.40. The van der Waals surface area contributed by atoms with E-state index in [1.165, 1.54) is 6.07 Å². The van der Waals surface area contributed by atoms with Gasteiger partial charge in [-0.15, -0.1) is 0 Å². The van der Waals surface area contributed by atoms with Gasteiger partial charge >= 0.3 is 0 Å². The second-order valence-electron chi connectivity index (χ2n) is 4.14. The van der Waals surface area contributed by atoms with Crippen molar-refractivity contribution in [2.75, 3.05) is 5.73 Å². The lowest BCUT2D eigenvalue weighted by Gasteiger charge is -2.11. The molecular weight excluding hydrogens is 278 g/mol. The van der Waals surface area contributed by atoms with E-state index >= 15 is 0 Å². The predicted molar refractivity (Wildman–Crippen MR) is 78.3 cm³/mol. The summed E-state index contributed by atoms with van der Waals surface area (Å²) in [6, 6.07) is 12.1. The first-order valence-corrected chi connectivity index (χ1v) is 6.25. The van der Waals surface area contributed by atoms with E-state index in [1.54, 1.807) is 24.3 Å². The summed E-state index contributed by atoms with van der Waals surface area (Å²) >= 11 is 5.86. The van der Waals surface area contributed by atoms with Crippen molar-refractivity contribution in [3.05, 3.63) is 58.6 Å². The molecular formula is C14H14ClN3O2. The fourth-order valence-electron chi connectivity index (χ4n) is 1.66. The lowest BCUT2D eigenvalue weighted by atomic mass is 10.2. The quantitative estimate of drug-likeness (QED) is 0.348. The van der Waals surface area contributed by atoms with Crippen LogP contribution in [0.1, 0.15) is 15.9 Å². The van der Waals surface area contributed by atoms with Crippen molar-refractivity contribution < 1.29 is 9.53 Å². The standard InChI is InChI=1S/C14H14ClN3O2/c15-10-3-6-13(12(7-10)14(19)18-17)20-8-9-1-4-11(16)5-2-9/h1-7H,8,16-17H2,(H,18,19). The Labute approximate surface area is 121 Å². The summed E-state index contributed by atoms with van der Waals surface area (Å²) in [6.45, 7) is 0.312. The van der Waals surface area contributed by atoms with Crippen molar-refractivity contribution >= 4 is 23.2 Å². The molecule has 6 heteroatoms. The summed E-state index contributed by atoms with van der Waals surface area (Å²) in [6.07, 6.45) is 0. The van der Waals surface area contributed by atoms with E-state index in [0.29, 0.717) is 23.1 Å². The number of benzene rings is 2. The van der Waals surface area contributed by atoms with Crippen LogP contribution in [0.3, 0.4) is 0 Å². The second kappa shape index (κ2) is 6.27. The van der Waals surface area contributed by atoms with Gasteiger partial charge in [-0.1, -0.05) is 23.7 Å². The highest BCUT2D eigenvalue weighted by Crippen LogP contribution is 2.23. The lowest BCUT2D eigenvalue weighted by Crippen LogP contribution is -2.30. The van der Waals surface area contributed by atoms with Crippen LogP contribution in [0.25, 0.3) is 0 Å². The molecule has 0 saturated carbocycles. The number of halogens is 1. The van der Waals surface area contributed by atoms with Gasteiger partial charge in [-0.25, -0.2) is 5.84 Å². The fourth-order valence-corrected chi connectivity index (χ4v) is 1.83. The molecule has 0 aliphatic rings. The smallest absolute Gasteiger partial charge is 0.268 e. The molecule has 0 aliphatic carbocycles. The average Bonchev–Trinajstić information content (AvgIpc) is 2.46. The van der Waals surface area contributed by atoms with E-state index < -0.39 is 5.91 Å². The van der Waals surface area contributed by atoms with Gasteiger partial charge in [-0.3, -0.25) is 10.2 Å². The summed E-state index contributed by atoms with van der Waals surface area (Å²) in [7, 11) is 0. The third-order valence-electron chi connectivity index (χ3n) is 2.69. The number of amides is 1. The Bertz CT molecular complexity index is 614. The number of carbonyl (C=O) groups is 1. The predicted octanol–water partition coefficient (Wildman–Crippen LogP) is 2.10. The Morgan fingerprint density at radius 1 is 1.20 bits per heavy atom. The maximum atomic E-state index is 11.7. The summed E-state index contributed by atoms with van der Waals surface area (Å²) in [5.74, 6) is 5.09. The number of nitrogens with one attached hydrogen (secondary N) is 1. The molecule has 0 bridgehead atoms. The van der Waals surface area contributed by atoms with Crippen LogP contribution in [0.2, 0.25) is 5.02 Å². The zero-order valence-electron chi connectivity index (χ0n) is 10.6. The maximum Gasteiger partial charge on any atom is 0.268 e. The summed E-state index contributed by atoms with van der Waals surface area (Å²) in [5.41, 5.74) is 9.58. The normalized spacial score (nSPS) is 10.1. The molecule has 0 spiro atoms. The Balaban J connectivity index is 2.16. The first kappa shape index (κ1) is 14.2. The Morgan fingerprint density at radius 3 is 2.55 bits per heavy atom. The van der Waals surface area contributed by atoms with Crippen LogP contribution < -0.4 is 21.7 Å². The molecule has 0 aromatic heterocycles. The van der Waals surface area contributed by atoms with Crippen molar-refractivity contribution in [3.8, 4) is 5.75 Å². The zero-order chi connectivity index (χ0) is 14.5. The minimum absolute atomic E-state index is 0.287.